The predicted octanol–water partition coefficient (Wildman–Crippen LogP) is 26.3. The molecule has 3 heteroatoms. The third kappa shape index (κ3) is 37.0. The maximum atomic E-state index is 11.8. The molecular weight excluding hydrogens is 1020 g/mol. The fraction of sp³-hybridized carbons (Fsp3) is 0.784. The summed E-state index contributed by atoms with van der Waals surface area (Å²) in [6.45, 7) is 15.9. The summed E-state index contributed by atoms with van der Waals surface area (Å²) in [7, 11) is 0. The molecule has 1 aliphatic rings. The van der Waals surface area contributed by atoms with Crippen molar-refractivity contribution in [3.05, 3.63) is 87.0 Å². The minimum absolute atomic E-state index is 0.941. The van der Waals surface area contributed by atoms with Gasteiger partial charge in [0, 0.05) is 22.8 Å². The second-order valence-electron chi connectivity index (χ2n) is 24.1. The minimum atomic E-state index is 0.941. The topological polar surface area (TPSA) is 25.3 Å². The number of allylic oxidation sites excluding steroid dienone is 2. The van der Waals surface area contributed by atoms with Crippen molar-refractivity contribution in [3.8, 4) is 0 Å². The van der Waals surface area contributed by atoms with Crippen LogP contribution in [0.5, 0.6) is 0 Å². The summed E-state index contributed by atoms with van der Waals surface area (Å²) < 4.78 is 1.52. The molecule has 0 aliphatic carbocycles. The summed E-state index contributed by atoms with van der Waals surface area (Å²) in [6, 6.07) is 14.1. The first-order valence-electron chi connectivity index (χ1n) is 34.6. The fourth-order valence-electron chi connectivity index (χ4n) is 11.4. The average Bonchev–Trinajstić information content (AvgIpc) is 3.78. The molecule has 1 heterocycles. The second-order valence-corrected chi connectivity index (χ2v) is 26.4. The molecule has 2 aromatic rings. The van der Waals surface area contributed by atoms with Gasteiger partial charge in [-0.25, -0.2) is 4.70 Å². The molecular formula is C74H130N2Pd. The van der Waals surface area contributed by atoms with Crippen molar-refractivity contribution >= 4 is 11.4 Å². The summed E-state index contributed by atoms with van der Waals surface area (Å²) >= 11 is 1.06. The number of aryl methyl sites for hydroxylation is 4. The van der Waals surface area contributed by atoms with Gasteiger partial charge in [0.15, 0.2) is 0 Å². The average molecular weight is 1150 g/mol. The Morgan fingerprint density at radius 3 is 0.818 bits per heavy atom. The third-order valence-electron chi connectivity index (χ3n) is 16.5. The molecule has 0 atom stereocenters. The molecule has 3 rings (SSSR count). The van der Waals surface area contributed by atoms with Crippen molar-refractivity contribution in [1.29, 1.82) is 0 Å². The van der Waals surface area contributed by atoms with Crippen LogP contribution in [0.2, 0.25) is 9.79 Å². The number of hydrogen-bond donors (Lipinski definition) is 0. The van der Waals surface area contributed by atoms with E-state index in [1.165, 1.54) is 308 Å². The molecule has 0 spiro atoms. The zero-order valence-corrected chi connectivity index (χ0v) is 54.4. The van der Waals surface area contributed by atoms with Crippen LogP contribution in [-0.2, 0) is 43.7 Å². The molecule has 0 saturated heterocycles. The van der Waals surface area contributed by atoms with E-state index in [0.717, 1.165) is 79.9 Å². The van der Waals surface area contributed by atoms with Crippen LogP contribution in [0.4, 0.5) is 0 Å². The van der Waals surface area contributed by atoms with Gasteiger partial charge in [0.25, 0.3) is 0 Å². The van der Waals surface area contributed by atoms with E-state index < -0.39 is 0 Å². The SMILES string of the molecule is CCCCC1=C(c2cc(CCCC)cc(CCCC)c2)[N+](=[N-])C(c2cc(CCCC)cc(CCCC)c2)=C1.CCCCCCCCCCCCCCCCCC[CH2][Pd][CH2]CCCCCCCCCCCCCCCCCC. The first kappa shape index (κ1) is 71.3. The van der Waals surface area contributed by atoms with Crippen LogP contribution in [0, 0.1) is 0 Å². The van der Waals surface area contributed by atoms with Crippen LogP contribution in [0.25, 0.3) is 16.9 Å². The number of unbranched alkanes of at least 4 members (excludes halogenated alkanes) is 37. The molecule has 0 saturated carbocycles. The van der Waals surface area contributed by atoms with E-state index in [1.54, 1.807) is 9.79 Å². The third-order valence-corrected chi connectivity index (χ3v) is 18.7. The van der Waals surface area contributed by atoms with Gasteiger partial charge in [0.05, 0.1) is 0 Å². The van der Waals surface area contributed by atoms with Gasteiger partial charge in [0.1, 0.15) is 0 Å². The van der Waals surface area contributed by atoms with Crippen LogP contribution >= 0.6 is 0 Å². The number of nitrogens with zero attached hydrogens (tertiary/aromatic N) is 2. The minimum Gasteiger partial charge on any atom is -0.0654 e. The molecule has 77 heavy (non-hydrogen) atoms. The molecule has 0 fully saturated rings. The van der Waals surface area contributed by atoms with Crippen LogP contribution < -0.4 is 0 Å². The molecule has 2 aromatic carbocycles. The molecule has 1 aliphatic heterocycles. The van der Waals surface area contributed by atoms with E-state index in [4.69, 9.17) is 0 Å². The molecule has 0 N–H and O–H groups in total. The summed E-state index contributed by atoms with van der Waals surface area (Å²) in [5.41, 5.74) is 23.0. The van der Waals surface area contributed by atoms with E-state index >= 15 is 0 Å². The van der Waals surface area contributed by atoms with E-state index in [9.17, 15) is 5.53 Å². The molecule has 0 radical (unpaired) electrons. The predicted molar refractivity (Wildman–Crippen MR) is 343 cm³/mol. The Balaban J connectivity index is 0.000000527. The summed E-state index contributed by atoms with van der Waals surface area (Å²) in [4.78, 5) is 3.09. The Bertz CT molecular complexity index is 1650. The second kappa shape index (κ2) is 52.3. The van der Waals surface area contributed by atoms with Gasteiger partial charge in [-0.3, -0.25) is 0 Å². The van der Waals surface area contributed by atoms with Gasteiger partial charge in [-0.1, -0.05) is 170 Å². The first-order valence-corrected chi connectivity index (χ1v) is 36.8. The number of rotatable bonds is 53. The Morgan fingerprint density at radius 2 is 0.532 bits per heavy atom. The Kier molecular flexibility index (Phi) is 48.4. The Morgan fingerprint density at radius 1 is 0.286 bits per heavy atom. The smallest absolute Gasteiger partial charge is 0.0654 e. The molecule has 446 valence electrons. The standard InChI is InChI=1S/C36H52N2.2C19H39.Pd/c1-6-11-16-28-21-29(17-12-7-2)24-33(23-28)35-27-32(20-15-10-5)36(38(35)37)34-25-30(18-13-8-3)22-31(26-34)19-14-9-4;2*1-3-5-7-9-11-13-15-17-19-18-16-14-12-10-8-6-4-2;/h21-27H,6-20H2,1-5H3;2*1,3-19H2,2H3;. The Labute approximate surface area is 490 Å². The summed E-state index contributed by atoms with van der Waals surface area (Å²) in [5.74, 6) is 0. The summed E-state index contributed by atoms with van der Waals surface area (Å²) in [6.07, 6.45) is 70.1. The van der Waals surface area contributed by atoms with Crippen molar-refractivity contribution in [2.75, 3.05) is 0 Å². The summed E-state index contributed by atoms with van der Waals surface area (Å²) in [5, 5.41) is 0. The Hall–Kier alpha value is -1.82. The first-order chi connectivity index (χ1) is 38.0. The van der Waals surface area contributed by atoms with E-state index in [0.29, 0.717) is 0 Å². The maximum absolute atomic E-state index is 11.8. The van der Waals surface area contributed by atoms with Crippen LogP contribution in [0.3, 0.4) is 0 Å². The van der Waals surface area contributed by atoms with E-state index in [1.807, 2.05) is 0 Å². The van der Waals surface area contributed by atoms with Crippen molar-refractivity contribution < 1.29 is 22.7 Å². The van der Waals surface area contributed by atoms with E-state index in [-0.39, 0.29) is 0 Å². The van der Waals surface area contributed by atoms with Crippen molar-refractivity contribution in [2.45, 2.75) is 373 Å². The monoisotopic (exact) mass is 1150 g/mol. The van der Waals surface area contributed by atoms with E-state index in [2.05, 4.69) is 90.9 Å². The zero-order chi connectivity index (χ0) is 55.5. The quantitative estimate of drug-likeness (QED) is 0.0358. The van der Waals surface area contributed by atoms with Gasteiger partial charge in [-0.2, -0.15) is 0 Å². The number of hydrogen-bond acceptors (Lipinski definition) is 0. The van der Waals surface area contributed by atoms with Crippen molar-refractivity contribution in [1.82, 2.24) is 0 Å². The zero-order valence-electron chi connectivity index (χ0n) is 52.8. The van der Waals surface area contributed by atoms with Crippen molar-refractivity contribution in [2.24, 2.45) is 0 Å². The fourth-order valence-corrected chi connectivity index (χ4v) is 13.3. The van der Waals surface area contributed by atoms with Crippen LogP contribution in [0.15, 0.2) is 48.0 Å². The van der Waals surface area contributed by atoms with Crippen LogP contribution in [0.1, 0.15) is 371 Å². The van der Waals surface area contributed by atoms with Gasteiger partial charge in [-0.15, -0.1) is 0 Å². The van der Waals surface area contributed by atoms with Gasteiger partial charge in [0.2, 0.25) is 11.4 Å². The molecule has 0 aromatic heterocycles. The molecule has 2 nitrogen and oxygen atoms in total. The molecule has 0 bridgehead atoms. The molecule has 0 amide bonds. The van der Waals surface area contributed by atoms with Crippen molar-refractivity contribution in [3.63, 3.8) is 0 Å². The molecule has 0 unspecified atom stereocenters. The van der Waals surface area contributed by atoms with Gasteiger partial charge < -0.3 is 5.53 Å². The van der Waals surface area contributed by atoms with Gasteiger partial charge in [-0.05, 0) is 111 Å². The van der Waals surface area contributed by atoms with Crippen LogP contribution in [-0.4, -0.2) is 4.70 Å². The normalized spacial score (nSPS) is 12.6. The van der Waals surface area contributed by atoms with Gasteiger partial charge >= 0.3 is 169 Å². The number of benzene rings is 2.